The number of benzene rings is 2. The topological polar surface area (TPSA) is 46.6 Å². The van der Waals surface area contributed by atoms with E-state index in [1.54, 1.807) is 18.2 Å². The number of ether oxygens (including phenoxy) is 1. The molecule has 4 nitrogen and oxygen atoms in total. The van der Waals surface area contributed by atoms with Gasteiger partial charge in [0.2, 0.25) is 0 Å². The number of ketones is 2. The second-order valence-corrected chi connectivity index (χ2v) is 7.55. The van der Waals surface area contributed by atoms with Crippen LogP contribution < -0.4 is 4.74 Å². The van der Waals surface area contributed by atoms with Gasteiger partial charge in [0.05, 0.1) is 12.2 Å². The van der Waals surface area contributed by atoms with Crippen LogP contribution in [0.1, 0.15) is 57.0 Å². The number of fused-ring (bicyclic) bond motifs is 1. The molecule has 27 heavy (non-hydrogen) atoms. The molecule has 2 aromatic rings. The van der Waals surface area contributed by atoms with Crippen LogP contribution in [0.3, 0.4) is 0 Å². The average molecular weight is 363 g/mol. The first kappa shape index (κ1) is 17.9. The van der Waals surface area contributed by atoms with E-state index in [1.807, 2.05) is 0 Å². The predicted molar refractivity (Wildman–Crippen MR) is 105 cm³/mol. The van der Waals surface area contributed by atoms with Gasteiger partial charge in [-0.15, -0.1) is 0 Å². The molecule has 1 fully saturated rings. The Bertz CT molecular complexity index is 874. The summed E-state index contributed by atoms with van der Waals surface area (Å²) >= 11 is 0. The third kappa shape index (κ3) is 3.81. The number of nitrogens with zero attached hydrogens (tertiary/aromatic N) is 1. The van der Waals surface area contributed by atoms with Crippen LogP contribution in [0.5, 0.6) is 5.75 Å². The highest BCUT2D eigenvalue weighted by molar-refractivity contribution is 6.03. The van der Waals surface area contributed by atoms with Crippen molar-refractivity contribution in [2.45, 2.75) is 32.1 Å². The molecule has 2 aliphatic rings. The standard InChI is InChI=1S/C23H25NO3/c1-16-4-2-3-5-19(16)18-8-11-24(15-18)12-9-21(25)17-6-7-23-20(14-17)22(26)10-13-27-23/h2-7,14,18H,8-13,15H2,1H3. The number of aryl methyl sites for hydroxylation is 1. The number of likely N-dealkylation sites (tertiary alicyclic amines) is 1. The van der Waals surface area contributed by atoms with E-state index in [4.69, 9.17) is 4.74 Å². The summed E-state index contributed by atoms with van der Waals surface area (Å²) < 4.78 is 5.49. The quantitative estimate of drug-likeness (QED) is 0.753. The van der Waals surface area contributed by atoms with Gasteiger partial charge in [-0.3, -0.25) is 9.59 Å². The molecular formula is C23H25NO3. The molecule has 0 bridgehead atoms. The number of hydrogen-bond donors (Lipinski definition) is 0. The van der Waals surface area contributed by atoms with E-state index in [2.05, 4.69) is 36.1 Å². The van der Waals surface area contributed by atoms with Crippen molar-refractivity contribution in [2.24, 2.45) is 0 Å². The number of Topliss-reactive ketones (excluding diaryl/α,β-unsaturated/α-hetero) is 2. The molecule has 2 aromatic carbocycles. The lowest BCUT2D eigenvalue weighted by Crippen LogP contribution is -2.24. The van der Waals surface area contributed by atoms with E-state index >= 15 is 0 Å². The molecule has 1 atom stereocenters. The van der Waals surface area contributed by atoms with Crippen LogP contribution in [0.4, 0.5) is 0 Å². The van der Waals surface area contributed by atoms with Crippen molar-refractivity contribution in [3.8, 4) is 5.75 Å². The number of carbonyl (C=O) groups is 2. The maximum atomic E-state index is 12.6. The average Bonchev–Trinajstić information content (AvgIpc) is 3.15. The van der Waals surface area contributed by atoms with E-state index in [9.17, 15) is 9.59 Å². The van der Waals surface area contributed by atoms with E-state index in [1.165, 1.54) is 11.1 Å². The van der Waals surface area contributed by atoms with Gasteiger partial charge in [-0.05, 0) is 55.1 Å². The summed E-state index contributed by atoms with van der Waals surface area (Å²) in [4.78, 5) is 27.0. The molecule has 0 saturated carbocycles. The fourth-order valence-corrected chi connectivity index (χ4v) is 4.17. The van der Waals surface area contributed by atoms with Crippen LogP contribution in [0.25, 0.3) is 0 Å². The molecule has 0 amide bonds. The molecule has 2 aliphatic heterocycles. The maximum absolute atomic E-state index is 12.6. The Morgan fingerprint density at radius 2 is 2.07 bits per heavy atom. The highest BCUT2D eigenvalue weighted by Gasteiger charge is 2.25. The highest BCUT2D eigenvalue weighted by atomic mass is 16.5. The summed E-state index contributed by atoms with van der Waals surface area (Å²) in [6.45, 7) is 5.40. The van der Waals surface area contributed by atoms with Crippen LogP contribution >= 0.6 is 0 Å². The molecule has 0 spiro atoms. The van der Waals surface area contributed by atoms with Crippen LogP contribution in [0, 0.1) is 6.92 Å². The molecule has 0 aromatic heterocycles. The Labute approximate surface area is 160 Å². The summed E-state index contributed by atoms with van der Waals surface area (Å²) in [5, 5.41) is 0. The lowest BCUT2D eigenvalue weighted by Gasteiger charge is -2.18. The van der Waals surface area contributed by atoms with Gasteiger partial charge in [0.1, 0.15) is 5.75 Å². The zero-order valence-electron chi connectivity index (χ0n) is 15.7. The molecule has 4 heteroatoms. The van der Waals surface area contributed by atoms with Crippen LogP contribution in [-0.4, -0.2) is 42.7 Å². The van der Waals surface area contributed by atoms with Gasteiger partial charge in [0.15, 0.2) is 11.6 Å². The van der Waals surface area contributed by atoms with Gasteiger partial charge in [-0.1, -0.05) is 24.3 Å². The summed E-state index contributed by atoms with van der Waals surface area (Å²) in [7, 11) is 0. The summed E-state index contributed by atoms with van der Waals surface area (Å²) in [5.74, 6) is 1.31. The summed E-state index contributed by atoms with van der Waals surface area (Å²) in [5.41, 5.74) is 3.94. The molecule has 0 N–H and O–H groups in total. The molecule has 1 unspecified atom stereocenters. The van der Waals surface area contributed by atoms with Gasteiger partial charge in [0.25, 0.3) is 0 Å². The highest BCUT2D eigenvalue weighted by Crippen LogP contribution is 2.30. The van der Waals surface area contributed by atoms with E-state index < -0.39 is 0 Å². The Balaban J connectivity index is 1.36. The second kappa shape index (κ2) is 7.65. The third-order valence-electron chi connectivity index (χ3n) is 5.74. The molecule has 1 saturated heterocycles. The predicted octanol–water partition coefficient (Wildman–Crippen LogP) is 4.02. The van der Waals surface area contributed by atoms with Crippen molar-refractivity contribution < 1.29 is 14.3 Å². The molecule has 0 radical (unpaired) electrons. The van der Waals surface area contributed by atoms with E-state index in [0.717, 1.165) is 26.1 Å². The third-order valence-corrected chi connectivity index (χ3v) is 5.74. The number of carbonyl (C=O) groups excluding carboxylic acids is 2. The maximum Gasteiger partial charge on any atom is 0.170 e. The minimum absolute atomic E-state index is 0.0616. The minimum atomic E-state index is 0.0616. The van der Waals surface area contributed by atoms with Gasteiger partial charge in [-0.2, -0.15) is 0 Å². The first-order valence-corrected chi connectivity index (χ1v) is 9.73. The number of hydrogen-bond acceptors (Lipinski definition) is 4. The summed E-state index contributed by atoms with van der Waals surface area (Å²) in [6, 6.07) is 13.8. The van der Waals surface area contributed by atoms with Crippen LogP contribution in [-0.2, 0) is 0 Å². The fraction of sp³-hybridized carbons (Fsp3) is 0.391. The minimum Gasteiger partial charge on any atom is -0.492 e. The van der Waals surface area contributed by atoms with Crippen molar-refractivity contribution in [1.29, 1.82) is 0 Å². The molecule has 140 valence electrons. The van der Waals surface area contributed by atoms with Crippen molar-refractivity contribution in [1.82, 2.24) is 4.90 Å². The smallest absolute Gasteiger partial charge is 0.170 e. The van der Waals surface area contributed by atoms with Gasteiger partial charge in [-0.25, -0.2) is 0 Å². The monoisotopic (exact) mass is 363 g/mol. The zero-order valence-corrected chi connectivity index (χ0v) is 15.7. The van der Waals surface area contributed by atoms with Crippen LogP contribution in [0.2, 0.25) is 0 Å². The van der Waals surface area contributed by atoms with Gasteiger partial charge in [0, 0.05) is 31.5 Å². The van der Waals surface area contributed by atoms with Crippen molar-refractivity contribution in [2.75, 3.05) is 26.2 Å². The largest absolute Gasteiger partial charge is 0.492 e. The second-order valence-electron chi connectivity index (χ2n) is 7.55. The molecule has 2 heterocycles. The Kier molecular flexibility index (Phi) is 5.08. The Hall–Kier alpha value is -2.46. The first-order chi connectivity index (χ1) is 13.1. The normalized spacial score (nSPS) is 19.6. The van der Waals surface area contributed by atoms with Gasteiger partial charge >= 0.3 is 0 Å². The Morgan fingerprint density at radius 3 is 2.93 bits per heavy atom. The molecule has 0 aliphatic carbocycles. The lowest BCUT2D eigenvalue weighted by molar-refractivity contribution is 0.0933. The lowest BCUT2D eigenvalue weighted by atomic mass is 9.94. The van der Waals surface area contributed by atoms with Gasteiger partial charge < -0.3 is 9.64 Å². The molecular weight excluding hydrogens is 338 g/mol. The zero-order chi connectivity index (χ0) is 18.8. The van der Waals surface area contributed by atoms with Crippen LogP contribution in [0.15, 0.2) is 42.5 Å². The van der Waals surface area contributed by atoms with Crippen molar-refractivity contribution in [3.63, 3.8) is 0 Å². The van der Waals surface area contributed by atoms with Crippen molar-refractivity contribution in [3.05, 3.63) is 64.7 Å². The molecule has 4 rings (SSSR count). The van der Waals surface area contributed by atoms with Crippen molar-refractivity contribution >= 4 is 11.6 Å². The number of rotatable bonds is 5. The first-order valence-electron chi connectivity index (χ1n) is 9.73. The van der Waals surface area contributed by atoms with E-state index in [-0.39, 0.29) is 11.6 Å². The fourth-order valence-electron chi connectivity index (χ4n) is 4.17. The summed E-state index contributed by atoms with van der Waals surface area (Å²) in [6.07, 6.45) is 2.01. The SMILES string of the molecule is Cc1ccccc1C1CCN(CCC(=O)c2ccc3c(c2)C(=O)CCO3)C1. The Morgan fingerprint density at radius 1 is 1.22 bits per heavy atom. The van der Waals surface area contributed by atoms with E-state index in [0.29, 0.717) is 42.2 Å².